The van der Waals surface area contributed by atoms with Crippen molar-refractivity contribution in [2.75, 3.05) is 55.8 Å². The van der Waals surface area contributed by atoms with Gasteiger partial charge in [-0.2, -0.15) is 15.2 Å². The van der Waals surface area contributed by atoms with Crippen molar-refractivity contribution in [1.29, 1.82) is 5.26 Å². The molecule has 1 saturated carbocycles. The van der Waals surface area contributed by atoms with Gasteiger partial charge in [-0.15, -0.1) is 0 Å². The maximum atomic E-state index is 14.1. The van der Waals surface area contributed by atoms with Crippen LogP contribution >= 0.6 is 0 Å². The van der Waals surface area contributed by atoms with Gasteiger partial charge in [0.05, 0.1) is 18.5 Å². The van der Waals surface area contributed by atoms with E-state index in [0.29, 0.717) is 30.6 Å². The van der Waals surface area contributed by atoms with E-state index in [-0.39, 0.29) is 49.6 Å². The van der Waals surface area contributed by atoms with Crippen LogP contribution in [-0.2, 0) is 11.3 Å². The SMILES string of the molecule is CN1CCC[C@H]1COc1nc(C(=O)Nc2cccc3cccc(C4CC4)c23)c(N)c(N2CCN(C(=O)OCc3ccccc3)[C@@H](CC#N)C2)n1. The highest BCUT2D eigenvalue weighted by atomic mass is 16.6. The third kappa shape index (κ3) is 7.14. The molecule has 1 aromatic heterocycles. The third-order valence-corrected chi connectivity index (χ3v) is 9.95. The quantitative estimate of drug-likeness (QED) is 0.219. The number of amides is 2. The summed E-state index contributed by atoms with van der Waals surface area (Å²) in [6.07, 6.45) is 3.93. The van der Waals surface area contributed by atoms with Crippen LogP contribution < -0.4 is 20.7 Å². The molecule has 4 aromatic rings. The van der Waals surface area contributed by atoms with Crippen molar-refractivity contribution >= 4 is 40.0 Å². The molecule has 2 atom stereocenters. The number of nitrogens with two attached hydrogens (primary N) is 1. The Balaban J connectivity index is 1.16. The van der Waals surface area contributed by atoms with Gasteiger partial charge in [0.2, 0.25) is 0 Å². The average molecular weight is 675 g/mol. The fraction of sp³-hybridized carbons (Fsp3) is 0.395. The molecule has 2 saturated heterocycles. The van der Waals surface area contributed by atoms with Crippen LogP contribution in [0.3, 0.4) is 0 Å². The molecule has 0 bridgehead atoms. The number of rotatable bonds is 10. The Kier molecular flexibility index (Phi) is 9.67. The van der Waals surface area contributed by atoms with Crippen LogP contribution in [0.2, 0.25) is 0 Å². The standard InChI is InChI=1S/C38H42N8O4/c1-44-19-7-12-29(44)24-49-37-42-34(36(47)41-31-14-6-11-27-10-5-13-30(32(27)31)26-15-16-26)33(40)35(43-37)45-20-21-46(28(22-45)17-18-39)38(48)50-23-25-8-3-2-4-9-25/h2-6,8-11,13-14,26,28-29H,7,12,15-17,19-24,40H2,1H3,(H,41,47)/t28-,29-/m0/s1. The highest BCUT2D eigenvalue weighted by Crippen LogP contribution is 2.45. The van der Waals surface area contributed by atoms with Crippen molar-refractivity contribution in [2.45, 2.75) is 56.7 Å². The monoisotopic (exact) mass is 674 g/mol. The predicted molar refractivity (Wildman–Crippen MR) is 191 cm³/mol. The van der Waals surface area contributed by atoms with Crippen LogP contribution in [0, 0.1) is 11.3 Å². The number of likely N-dealkylation sites (N-methyl/N-ethyl adjacent to an activating group) is 1. The lowest BCUT2D eigenvalue weighted by Gasteiger charge is -2.40. The topological polar surface area (TPSA) is 150 Å². The Morgan fingerprint density at radius 3 is 2.52 bits per heavy atom. The summed E-state index contributed by atoms with van der Waals surface area (Å²) in [5.74, 6) is 0.345. The third-order valence-electron chi connectivity index (χ3n) is 9.95. The lowest BCUT2D eigenvalue weighted by atomic mass is 9.99. The molecule has 2 amide bonds. The van der Waals surface area contributed by atoms with Crippen LogP contribution in [-0.4, -0.2) is 83.7 Å². The van der Waals surface area contributed by atoms with Gasteiger partial charge in [0.25, 0.3) is 5.91 Å². The summed E-state index contributed by atoms with van der Waals surface area (Å²) in [6.45, 7) is 2.37. The summed E-state index contributed by atoms with van der Waals surface area (Å²) in [4.78, 5) is 42.3. The number of hydrogen-bond donors (Lipinski definition) is 2. The molecule has 1 aliphatic carbocycles. The van der Waals surface area contributed by atoms with Crippen LogP contribution in [0.1, 0.15) is 59.6 Å². The molecule has 50 heavy (non-hydrogen) atoms. The van der Waals surface area contributed by atoms with Crippen LogP contribution in [0.4, 0.5) is 22.0 Å². The van der Waals surface area contributed by atoms with Crippen molar-refractivity contribution in [3.8, 4) is 12.1 Å². The van der Waals surface area contributed by atoms with Crippen molar-refractivity contribution in [2.24, 2.45) is 0 Å². The number of nitrogens with one attached hydrogen (secondary N) is 1. The minimum Gasteiger partial charge on any atom is -0.462 e. The van der Waals surface area contributed by atoms with Gasteiger partial charge >= 0.3 is 12.1 Å². The van der Waals surface area contributed by atoms with Crippen LogP contribution in [0.25, 0.3) is 10.8 Å². The first-order valence-corrected chi connectivity index (χ1v) is 17.3. The van der Waals surface area contributed by atoms with Crippen molar-refractivity contribution in [3.63, 3.8) is 0 Å². The second-order valence-corrected chi connectivity index (χ2v) is 13.4. The molecule has 3 aromatic carbocycles. The fourth-order valence-electron chi connectivity index (χ4n) is 7.04. The molecule has 3 fully saturated rings. The van der Waals surface area contributed by atoms with E-state index in [2.05, 4.69) is 52.6 Å². The molecule has 258 valence electrons. The molecule has 0 unspecified atom stereocenters. The lowest BCUT2D eigenvalue weighted by molar-refractivity contribution is 0.0768. The minimum atomic E-state index is -0.491. The molecule has 12 heteroatoms. The number of likely N-dealkylation sites (tertiary alicyclic amines) is 1. The maximum Gasteiger partial charge on any atom is 0.410 e. The van der Waals surface area contributed by atoms with E-state index in [1.54, 1.807) is 4.90 Å². The molecule has 12 nitrogen and oxygen atoms in total. The van der Waals surface area contributed by atoms with E-state index in [1.807, 2.05) is 47.4 Å². The number of carbonyl (C=O) groups is 2. The number of hydrogen-bond acceptors (Lipinski definition) is 10. The number of anilines is 3. The Hall–Kier alpha value is -5.41. The summed E-state index contributed by atoms with van der Waals surface area (Å²) < 4.78 is 11.8. The Morgan fingerprint density at radius 1 is 0.980 bits per heavy atom. The second-order valence-electron chi connectivity index (χ2n) is 13.4. The first-order chi connectivity index (χ1) is 24.4. The molecule has 7 rings (SSSR count). The Bertz CT molecular complexity index is 1910. The highest BCUT2D eigenvalue weighted by molar-refractivity contribution is 6.12. The molecule has 3 N–H and O–H groups in total. The van der Waals surface area contributed by atoms with Gasteiger partial charge in [-0.3, -0.25) is 4.79 Å². The molecule has 0 radical (unpaired) electrons. The summed E-state index contributed by atoms with van der Waals surface area (Å²) in [7, 11) is 2.06. The van der Waals surface area contributed by atoms with Gasteiger partial charge < -0.3 is 35.2 Å². The molecular formula is C38H42N8O4. The Labute approximate surface area is 291 Å². The maximum absolute atomic E-state index is 14.1. The Morgan fingerprint density at radius 2 is 1.78 bits per heavy atom. The zero-order chi connectivity index (χ0) is 34.6. The van der Waals surface area contributed by atoms with Gasteiger partial charge in [-0.25, -0.2) is 4.79 Å². The normalized spacial score (nSPS) is 19.3. The lowest BCUT2D eigenvalue weighted by Crippen LogP contribution is -2.55. The number of aromatic nitrogens is 2. The van der Waals surface area contributed by atoms with E-state index in [9.17, 15) is 14.9 Å². The number of fused-ring (bicyclic) bond motifs is 1. The van der Waals surface area contributed by atoms with Gasteiger partial charge in [-0.05, 0) is 67.8 Å². The predicted octanol–water partition coefficient (Wildman–Crippen LogP) is 5.56. The summed E-state index contributed by atoms with van der Waals surface area (Å²) in [6, 6.07) is 23.6. The minimum absolute atomic E-state index is 0.00668. The highest BCUT2D eigenvalue weighted by Gasteiger charge is 2.35. The van der Waals surface area contributed by atoms with E-state index in [0.717, 1.165) is 48.6 Å². The van der Waals surface area contributed by atoms with E-state index >= 15 is 0 Å². The second kappa shape index (κ2) is 14.6. The zero-order valence-electron chi connectivity index (χ0n) is 28.3. The summed E-state index contributed by atoms with van der Waals surface area (Å²) in [5.41, 5.74) is 9.65. The number of piperazine rings is 1. The van der Waals surface area contributed by atoms with Crippen molar-refractivity contribution in [3.05, 3.63) is 83.6 Å². The van der Waals surface area contributed by atoms with Crippen molar-refractivity contribution < 1.29 is 19.1 Å². The molecule has 3 aliphatic rings. The average Bonchev–Trinajstić information content (AvgIpc) is 3.90. The van der Waals surface area contributed by atoms with Gasteiger partial charge in [0, 0.05) is 36.7 Å². The number of nitriles is 1. The van der Waals surface area contributed by atoms with Gasteiger partial charge in [0.1, 0.15) is 18.9 Å². The number of ether oxygens (including phenoxy) is 2. The first-order valence-electron chi connectivity index (χ1n) is 17.3. The first kappa shape index (κ1) is 33.1. The van der Waals surface area contributed by atoms with Gasteiger partial charge in [0.15, 0.2) is 11.5 Å². The molecule has 3 heterocycles. The van der Waals surface area contributed by atoms with E-state index in [1.165, 1.54) is 5.56 Å². The summed E-state index contributed by atoms with van der Waals surface area (Å²) in [5, 5.41) is 14.9. The number of nitrogen functional groups attached to an aromatic ring is 1. The summed E-state index contributed by atoms with van der Waals surface area (Å²) >= 11 is 0. The van der Waals surface area contributed by atoms with Gasteiger partial charge in [-0.1, -0.05) is 60.7 Å². The zero-order valence-corrected chi connectivity index (χ0v) is 28.3. The van der Waals surface area contributed by atoms with E-state index in [4.69, 9.17) is 20.2 Å². The van der Waals surface area contributed by atoms with E-state index < -0.39 is 18.0 Å². The smallest absolute Gasteiger partial charge is 0.410 e. The molecule has 0 spiro atoms. The number of benzene rings is 3. The van der Waals surface area contributed by atoms with Crippen molar-refractivity contribution in [1.82, 2.24) is 19.8 Å². The van der Waals surface area contributed by atoms with Crippen LogP contribution in [0.5, 0.6) is 6.01 Å². The fourth-order valence-corrected chi connectivity index (χ4v) is 7.04. The van der Waals surface area contributed by atoms with Crippen LogP contribution in [0.15, 0.2) is 66.7 Å². The number of nitrogens with zero attached hydrogens (tertiary/aromatic N) is 6. The largest absolute Gasteiger partial charge is 0.462 e. The molecule has 2 aliphatic heterocycles. The number of carbonyl (C=O) groups excluding carboxylic acids is 2. The molecular weight excluding hydrogens is 632 g/mol.